The number of benzene rings is 1. The van der Waals surface area contributed by atoms with Gasteiger partial charge in [0.05, 0.1) is 0 Å². The fourth-order valence-electron chi connectivity index (χ4n) is 1.92. The van der Waals surface area contributed by atoms with Crippen LogP contribution in [0, 0.1) is 0 Å². The van der Waals surface area contributed by atoms with Gasteiger partial charge in [0.2, 0.25) is 5.91 Å². The largest absolute Gasteiger partial charge is 0.484 e. The number of halogens is 1. The number of carbonyl (C=O) groups excluding carboxylic acids is 2. The van der Waals surface area contributed by atoms with Gasteiger partial charge in [0, 0.05) is 26.2 Å². The molecular formula is C17H28ClN3O3. The van der Waals surface area contributed by atoms with Crippen molar-refractivity contribution in [3.8, 4) is 5.75 Å². The van der Waals surface area contributed by atoms with E-state index in [1.54, 1.807) is 38.4 Å². The maximum absolute atomic E-state index is 11.8. The van der Waals surface area contributed by atoms with Crippen molar-refractivity contribution < 1.29 is 14.3 Å². The van der Waals surface area contributed by atoms with E-state index in [0.717, 1.165) is 31.4 Å². The molecule has 0 bridgehead atoms. The Labute approximate surface area is 150 Å². The Morgan fingerprint density at radius 3 is 2.29 bits per heavy atom. The Hall–Kier alpha value is -1.79. The molecule has 0 fully saturated rings. The lowest BCUT2D eigenvalue weighted by molar-refractivity contribution is -0.130. The average Bonchev–Trinajstić information content (AvgIpc) is 2.53. The second-order valence-corrected chi connectivity index (χ2v) is 5.60. The summed E-state index contributed by atoms with van der Waals surface area (Å²) in [5.74, 6) is 0.506. The van der Waals surface area contributed by atoms with Crippen LogP contribution in [0.25, 0.3) is 0 Å². The highest BCUT2D eigenvalue weighted by atomic mass is 35.5. The van der Waals surface area contributed by atoms with Gasteiger partial charge in [-0.25, -0.2) is 0 Å². The third kappa shape index (κ3) is 9.37. The molecule has 0 radical (unpaired) electrons. The fraction of sp³-hybridized carbons (Fsp3) is 0.529. The van der Waals surface area contributed by atoms with E-state index in [4.69, 9.17) is 10.5 Å². The highest BCUT2D eigenvalue weighted by Gasteiger charge is 2.06. The molecule has 0 aliphatic heterocycles. The first-order chi connectivity index (χ1) is 11.0. The summed E-state index contributed by atoms with van der Waals surface area (Å²) in [4.78, 5) is 24.7. The summed E-state index contributed by atoms with van der Waals surface area (Å²) < 4.78 is 5.38. The minimum Gasteiger partial charge on any atom is -0.484 e. The van der Waals surface area contributed by atoms with Crippen LogP contribution in [0.1, 0.15) is 32.1 Å². The molecule has 0 heterocycles. The molecule has 0 unspecified atom stereocenters. The third-order valence-corrected chi connectivity index (χ3v) is 3.36. The Kier molecular flexibility index (Phi) is 11.7. The van der Waals surface area contributed by atoms with Crippen molar-refractivity contribution >= 4 is 29.9 Å². The van der Waals surface area contributed by atoms with Gasteiger partial charge in [-0.2, -0.15) is 0 Å². The minimum absolute atomic E-state index is 0. The van der Waals surface area contributed by atoms with Crippen LogP contribution in [0.3, 0.4) is 0 Å². The van der Waals surface area contributed by atoms with E-state index in [0.29, 0.717) is 18.7 Å². The first kappa shape index (κ1) is 22.2. The third-order valence-electron chi connectivity index (χ3n) is 3.36. The highest BCUT2D eigenvalue weighted by Crippen LogP contribution is 2.16. The predicted octanol–water partition coefficient (Wildman–Crippen LogP) is 2.42. The van der Waals surface area contributed by atoms with Gasteiger partial charge in [-0.1, -0.05) is 12.8 Å². The van der Waals surface area contributed by atoms with Crippen molar-refractivity contribution in [1.82, 2.24) is 4.90 Å². The molecule has 1 aromatic carbocycles. The molecule has 0 spiro atoms. The number of unbranched alkanes of at least 4 members (excludes halogenated alkanes) is 3. The van der Waals surface area contributed by atoms with Crippen LogP contribution < -0.4 is 15.8 Å². The molecule has 136 valence electrons. The van der Waals surface area contributed by atoms with E-state index in [2.05, 4.69) is 5.32 Å². The molecule has 7 heteroatoms. The van der Waals surface area contributed by atoms with Gasteiger partial charge in [0.25, 0.3) is 5.91 Å². The van der Waals surface area contributed by atoms with Crippen molar-refractivity contribution in [2.45, 2.75) is 32.1 Å². The van der Waals surface area contributed by atoms with Crippen LogP contribution in [0.2, 0.25) is 0 Å². The summed E-state index contributed by atoms with van der Waals surface area (Å²) in [6, 6.07) is 7.00. The molecule has 0 aromatic heterocycles. The van der Waals surface area contributed by atoms with Crippen LogP contribution in [0.15, 0.2) is 24.3 Å². The number of likely N-dealkylation sites (N-methyl/N-ethyl adjacent to an activating group) is 1. The van der Waals surface area contributed by atoms with Crippen molar-refractivity contribution in [2.75, 3.05) is 32.6 Å². The van der Waals surface area contributed by atoms with Crippen molar-refractivity contribution in [1.29, 1.82) is 0 Å². The first-order valence-corrected chi connectivity index (χ1v) is 7.96. The quantitative estimate of drug-likeness (QED) is 0.630. The molecule has 6 nitrogen and oxygen atoms in total. The van der Waals surface area contributed by atoms with E-state index >= 15 is 0 Å². The highest BCUT2D eigenvalue weighted by molar-refractivity contribution is 5.90. The van der Waals surface area contributed by atoms with Gasteiger partial charge in [-0.15, -0.1) is 12.4 Å². The standard InChI is InChI=1S/C17H27N3O3.ClH/c1-20(2)17(22)13-23-15-10-8-14(9-11-15)19-16(21)7-5-3-4-6-12-18;/h8-11H,3-7,12-13,18H2,1-2H3,(H,19,21);1H. The number of ether oxygens (including phenoxy) is 1. The van der Waals surface area contributed by atoms with Crippen LogP contribution >= 0.6 is 12.4 Å². The fourth-order valence-corrected chi connectivity index (χ4v) is 1.92. The number of anilines is 1. The number of nitrogens with one attached hydrogen (secondary N) is 1. The van der Waals surface area contributed by atoms with Crippen LogP contribution in [0.5, 0.6) is 5.75 Å². The zero-order valence-corrected chi connectivity index (χ0v) is 15.2. The number of amides is 2. The minimum atomic E-state index is -0.1000. The van der Waals surface area contributed by atoms with Crippen molar-refractivity contribution in [3.63, 3.8) is 0 Å². The summed E-state index contributed by atoms with van der Waals surface area (Å²) in [6.07, 6.45) is 4.50. The summed E-state index contributed by atoms with van der Waals surface area (Å²) in [7, 11) is 3.36. The monoisotopic (exact) mass is 357 g/mol. The molecule has 24 heavy (non-hydrogen) atoms. The summed E-state index contributed by atoms with van der Waals surface area (Å²) in [5, 5.41) is 2.85. The maximum Gasteiger partial charge on any atom is 0.259 e. The summed E-state index contributed by atoms with van der Waals surface area (Å²) in [6.45, 7) is 0.711. The van der Waals surface area contributed by atoms with Gasteiger partial charge < -0.3 is 20.7 Å². The molecule has 0 saturated carbocycles. The second kappa shape index (κ2) is 12.6. The Bertz CT molecular complexity index is 492. The van der Waals surface area contributed by atoms with Gasteiger partial charge in [0.15, 0.2) is 6.61 Å². The van der Waals surface area contributed by atoms with Crippen molar-refractivity contribution in [3.05, 3.63) is 24.3 Å². The zero-order valence-electron chi connectivity index (χ0n) is 14.4. The lowest BCUT2D eigenvalue weighted by atomic mass is 10.1. The number of rotatable bonds is 10. The second-order valence-electron chi connectivity index (χ2n) is 5.60. The molecule has 3 N–H and O–H groups in total. The topological polar surface area (TPSA) is 84.7 Å². The molecule has 0 saturated heterocycles. The van der Waals surface area contributed by atoms with Crippen molar-refractivity contribution in [2.24, 2.45) is 5.73 Å². The van der Waals surface area contributed by atoms with Crippen LogP contribution in [-0.2, 0) is 9.59 Å². The number of nitrogens with two attached hydrogens (primary N) is 1. The first-order valence-electron chi connectivity index (χ1n) is 7.96. The number of hydrogen-bond donors (Lipinski definition) is 2. The van der Waals surface area contributed by atoms with E-state index in [-0.39, 0.29) is 30.8 Å². The molecule has 2 amide bonds. The average molecular weight is 358 g/mol. The van der Waals surface area contributed by atoms with E-state index in [9.17, 15) is 9.59 Å². The normalized spacial score (nSPS) is 9.79. The molecule has 1 rings (SSSR count). The SMILES string of the molecule is CN(C)C(=O)COc1ccc(NC(=O)CCCCCCN)cc1.Cl. The van der Waals surface area contributed by atoms with Gasteiger partial charge in [-0.3, -0.25) is 9.59 Å². The molecule has 0 aliphatic rings. The van der Waals surface area contributed by atoms with E-state index in [1.165, 1.54) is 4.90 Å². The number of nitrogens with zero attached hydrogens (tertiary/aromatic N) is 1. The van der Waals surface area contributed by atoms with Gasteiger partial charge in [-0.05, 0) is 43.7 Å². The lowest BCUT2D eigenvalue weighted by Gasteiger charge is -2.11. The van der Waals surface area contributed by atoms with Crippen LogP contribution in [-0.4, -0.2) is 44.0 Å². The van der Waals surface area contributed by atoms with Gasteiger partial charge in [0.1, 0.15) is 5.75 Å². The smallest absolute Gasteiger partial charge is 0.259 e. The Morgan fingerprint density at radius 1 is 1.08 bits per heavy atom. The predicted molar refractivity (Wildman–Crippen MR) is 98.6 cm³/mol. The number of carbonyl (C=O) groups is 2. The summed E-state index contributed by atoms with van der Waals surface area (Å²) >= 11 is 0. The summed E-state index contributed by atoms with van der Waals surface area (Å²) in [5.41, 5.74) is 6.15. The molecule has 0 aliphatic carbocycles. The maximum atomic E-state index is 11.8. The Balaban J connectivity index is 0.00000529. The molecule has 1 aromatic rings. The Morgan fingerprint density at radius 2 is 1.71 bits per heavy atom. The molecular weight excluding hydrogens is 330 g/mol. The van der Waals surface area contributed by atoms with Gasteiger partial charge >= 0.3 is 0 Å². The lowest BCUT2D eigenvalue weighted by Crippen LogP contribution is -2.27. The van der Waals surface area contributed by atoms with E-state index in [1.807, 2.05) is 0 Å². The zero-order chi connectivity index (χ0) is 17.1. The number of hydrogen-bond acceptors (Lipinski definition) is 4. The van der Waals surface area contributed by atoms with Crippen LogP contribution in [0.4, 0.5) is 5.69 Å². The van der Waals surface area contributed by atoms with E-state index < -0.39 is 0 Å². The molecule has 0 atom stereocenters.